The van der Waals surface area contributed by atoms with Crippen molar-refractivity contribution >= 4 is 11.6 Å². The molecule has 3 N–H and O–H groups in total. The molecule has 0 spiro atoms. The first-order chi connectivity index (χ1) is 7.66. The molecule has 0 bridgehead atoms. The smallest absolute Gasteiger partial charge is 0.224 e. The van der Waals surface area contributed by atoms with Crippen molar-refractivity contribution in [2.45, 2.75) is 13.3 Å². The van der Waals surface area contributed by atoms with E-state index in [9.17, 15) is 9.90 Å². The van der Waals surface area contributed by atoms with E-state index in [1.54, 1.807) is 19.1 Å². The fourth-order valence-electron chi connectivity index (χ4n) is 1.72. The van der Waals surface area contributed by atoms with Crippen LogP contribution in [0, 0.1) is 12.8 Å². The van der Waals surface area contributed by atoms with Crippen molar-refractivity contribution in [1.82, 2.24) is 5.32 Å². The Morgan fingerprint density at radius 3 is 2.94 bits per heavy atom. The average Bonchev–Trinajstić information content (AvgIpc) is 2.19. The molecule has 1 aromatic carbocycles. The highest BCUT2D eigenvalue weighted by Gasteiger charge is 2.20. The van der Waals surface area contributed by atoms with E-state index in [-0.39, 0.29) is 11.7 Å². The molecule has 86 valence electrons. The van der Waals surface area contributed by atoms with Gasteiger partial charge in [-0.2, -0.15) is 0 Å². The van der Waals surface area contributed by atoms with Gasteiger partial charge in [0.05, 0.1) is 5.69 Å². The number of aromatic hydroxyl groups is 1. The van der Waals surface area contributed by atoms with Crippen LogP contribution < -0.4 is 10.6 Å². The lowest BCUT2D eigenvalue weighted by Crippen LogP contribution is -2.43. The van der Waals surface area contributed by atoms with Crippen LogP contribution in [0.4, 0.5) is 5.69 Å². The molecule has 1 amide bonds. The van der Waals surface area contributed by atoms with Gasteiger partial charge in [0.25, 0.3) is 0 Å². The van der Waals surface area contributed by atoms with Gasteiger partial charge in [-0.3, -0.25) is 4.79 Å². The summed E-state index contributed by atoms with van der Waals surface area (Å²) in [6.07, 6.45) is 0.514. The summed E-state index contributed by atoms with van der Waals surface area (Å²) in [5.41, 5.74) is 1.26. The summed E-state index contributed by atoms with van der Waals surface area (Å²) in [5.74, 6) is 0.557. The Labute approximate surface area is 94.7 Å². The highest BCUT2D eigenvalue weighted by Crippen LogP contribution is 2.26. The second-order valence-corrected chi connectivity index (χ2v) is 4.25. The molecule has 0 aliphatic carbocycles. The molecule has 1 heterocycles. The zero-order valence-electron chi connectivity index (χ0n) is 9.29. The highest BCUT2D eigenvalue weighted by atomic mass is 16.3. The van der Waals surface area contributed by atoms with E-state index in [4.69, 9.17) is 0 Å². The normalized spacial score (nSPS) is 15.6. The maximum Gasteiger partial charge on any atom is 0.224 e. The van der Waals surface area contributed by atoms with E-state index in [0.717, 1.165) is 18.7 Å². The molecule has 0 saturated carbocycles. The zero-order chi connectivity index (χ0) is 11.5. The molecule has 16 heavy (non-hydrogen) atoms. The molecule has 1 aliphatic heterocycles. The Kier molecular flexibility index (Phi) is 3.10. The predicted octanol–water partition coefficient (Wildman–Crippen LogP) is 1.25. The first-order valence-electron chi connectivity index (χ1n) is 5.46. The second-order valence-electron chi connectivity index (χ2n) is 4.25. The van der Waals surface area contributed by atoms with Gasteiger partial charge in [-0.05, 0) is 37.6 Å². The summed E-state index contributed by atoms with van der Waals surface area (Å²) >= 11 is 0. The van der Waals surface area contributed by atoms with Gasteiger partial charge in [-0.15, -0.1) is 0 Å². The van der Waals surface area contributed by atoms with Crippen molar-refractivity contribution in [3.05, 3.63) is 23.8 Å². The number of carbonyl (C=O) groups excluding carboxylic acids is 1. The molecule has 0 unspecified atom stereocenters. The zero-order valence-corrected chi connectivity index (χ0v) is 9.29. The predicted molar refractivity (Wildman–Crippen MR) is 62.5 cm³/mol. The van der Waals surface area contributed by atoms with Crippen LogP contribution in [-0.4, -0.2) is 24.1 Å². The molecule has 1 fully saturated rings. The second kappa shape index (κ2) is 4.53. The summed E-state index contributed by atoms with van der Waals surface area (Å²) in [6, 6.07) is 5.33. The van der Waals surface area contributed by atoms with E-state index in [0.29, 0.717) is 18.0 Å². The minimum Gasteiger partial charge on any atom is -0.505 e. The summed E-state index contributed by atoms with van der Waals surface area (Å²) in [6.45, 7) is 3.63. The van der Waals surface area contributed by atoms with Crippen LogP contribution in [-0.2, 0) is 4.79 Å². The number of benzene rings is 1. The van der Waals surface area contributed by atoms with Crippen molar-refractivity contribution in [3.63, 3.8) is 0 Å². The fourth-order valence-corrected chi connectivity index (χ4v) is 1.72. The Hall–Kier alpha value is -1.55. The number of hydrogen-bond donors (Lipinski definition) is 3. The van der Waals surface area contributed by atoms with Crippen LogP contribution in [0.25, 0.3) is 0 Å². The van der Waals surface area contributed by atoms with E-state index >= 15 is 0 Å². The monoisotopic (exact) mass is 220 g/mol. The number of nitrogens with one attached hydrogen (secondary N) is 2. The van der Waals surface area contributed by atoms with Gasteiger partial charge in [-0.1, -0.05) is 12.1 Å². The van der Waals surface area contributed by atoms with E-state index in [1.807, 2.05) is 6.07 Å². The molecule has 4 heteroatoms. The van der Waals surface area contributed by atoms with Crippen molar-refractivity contribution in [1.29, 1.82) is 0 Å². The minimum absolute atomic E-state index is 0.0348. The van der Waals surface area contributed by atoms with Gasteiger partial charge in [-0.25, -0.2) is 0 Å². The Morgan fingerprint density at radius 1 is 1.56 bits per heavy atom. The van der Waals surface area contributed by atoms with Gasteiger partial charge < -0.3 is 15.7 Å². The Bertz CT molecular complexity index is 400. The van der Waals surface area contributed by atoms with E-state index in [1.165, 1.54) is 0 Å². The van der Waals surface area contributed by atoms with Gasteiger partial charge in [0, 0.05) is 6.42 Å². The topological polar surface area (TPSA) is 61.4 Å². The molecule has 1 aliphatic rings. The van der Waals surface area contributed by atoms with Crippen molar-refractivity contribution < 1.29 is 9.90 Å². The van der Waals surface area contributed by atoms with Crippen LogP contribution in [0.15, 0.2) is 18.2 Å². The van der Waals surface area contributed by atoms with E-state index < -0.39 is 0 Å². The number of anilines is 1. The summed E-state index contributed by atoms with van der Waals surface area (Å²) < 4.78 is 0. The van der Waals surface area contributed by atoms with Crippen LogP contribution in [0.3, 0.4) is 0 Å². The Morgan fingerprint density at radius 2 is 2.31 bits per heavy atom. The number of rotatable bonds is 3. The molecule has 4 nitrogen and oxygen atoms in total. The van der Waals surface area contributed by atoms with Gasteiger partial charge in [0.15, 0.2) is 0 Å². The number of para-hydroxylation sites is 1. The Balaban J connectivity index is 1.97. The van der Waals surface area contributed by atoms with Crippen LogP contribution in [0.5, 0.6) is 5.75 Å². The lowest BCUT2D eigenvalue weighted by atomic mass is 9.99. The lowest BCUT2D eigenvalue weighted by molar-refractivity contribution is -0.117. The summed E-state index contributed by atoms with van der Waals surface area (Å²) in [7, 11) is 0. The van der Waals surface area contributed by atoms with E-state index in [2.05, 4.69) is 10.6 Å². The first-order valence-corrected chi connectivity index (χ1v) is 5.46. The highest BCUT2D eigenvalue weighted by molar-refractivity contribution is 5.92. The standard InChI is InChI=1S/C12H16N2O2/c1-8-3-2-4-10(12(8)16)14-11(15)5-9-6-13-7-9/h2-4,9,13,16H,5-7H2,1H3,(H,14,15). The molecule has 0 aromatic heterocycles. The number of phenolic OH excluding ortho intramolecular Hbond substituents is 1. The maximum absolute atomic E-state index is 11.6. The maximum atomic E-state index is 11.6. The molecule has 0 radical (unpaired) electrons. The van der Waals surface area contributed by atoms with Gasteiger partial charge in [0.2, 0.25) is 5.91 Å². The third kappa shape index (κ3) is 2.33. The number of carbonyl (C=O) groups is 1. The van der Waals surface area contributed by atoms with Gasteiger partial charge >= 0.3 is 0 Å². The molecule has 1 saturated heterocycles. The van der Waals surface area contributed by atoms with Crippen molar-refractivity contribution in [3.8, 4) is 5.75 Å². The number of amides is 1. The largest absolute Gasteiger partial charge is 0.505 e. The summed E-state index contributed by atoms with van der Waals surface area (Å²) in [5, 5.41) is 15.6. The number of hydrogen-bond acceptors (Lipinski definition) is 3. The number of aryl methyl sites for hydroxylation is 1. The number of phenols is 1. The van der Waals surface area contributed by atoms with Crippen molar-refractivity contribution in [2.24, 2.45) is 5.92 Å². The quantitative estimate of drug-likeness (QED) is 0.672. The van der Waals surface area contributed by atoms with Crippen LogP contribution >= 0.6 is 0 Å². The first kappa shape index (κ1) is 11.0. The third-order valence-electron chi connectivity index (χ3n) is 2.85. The lowest BCUT2D eigenvalue weighted by Gasteiger charge is -2.26. The molecular formula is C12H16N2O2. The average molecular weight is 220 g/mol. The van der Waals surface area contributed by atoms with Crippen LogP contribution in [0.1, 0.15) is 12.0 Å². The SMILES string of the molecule is Cc1cccc(NC(=O)CC2CNC2)c1O. The molecule has 2 rings (SSSR count). The third-order valence-corrected chi connectivity index (χ3v) is 2.85. The summed E-state index contributed by atoms with van der Waals surface area (Å²) in [4.78, 5) is 11.6. The molecular weight excluding hydrogens is 204 g/mol. The molecule has 1 aromatic rings. The minimum atomic E-state index is -0.0348. The fraction of sp³-hybridized carbons (Fsp3) is 0.417. The van der Waals surface area contributed by atoms with Gasteiger partial charge in [0.1, 0.15) is 5.75 Å². The van der Waals surface area contributed by atoms with Crippen LogP contribution in [0.2, 0.25) is 0 Å². The molecule has 0 atom stereocenters. The van der Waals surface area contributed by atoms with Crippen molar-refractivity contribution in [2.75, 3.05) is 18.4 Å².